The molecular formula is C29H23ClN4O. The maximum atomic E-state index is 13.9. The number of rotatable bonds is 5. The predicted molar refractivity (Wildman–Crippen MR) is 146 cm³/mol. The van der Waals surface area contributed by atoms with Gasteiger partial charge in [-0.3, -0.25) is 9.79 Å². The molecule has 0 aliphatic rings. The number of aromatic nitrogens is 3. The minimum absolute atomic E-state index is 0.195. The van der Waals surface area contributed by atoms with E-state index < -0.39 is 0 Å². The second-order valence-corrected chi connectivity index (χ2v) is 8.66. The van der Waals surface area contributed by atoms with Crippen molar-refractivity contribution in [1.29, 1.82) is 0 Å². The van der Waals surface area contributed by atoms with Crippen LogP contribution in [0.3, 0.4) is 0 Å². The zero-order valence-electron chi connectivity index (χ0n) is 19.4. The molecule has 0 fully saturated rings. The van der Waals surface area contributed by atoms with E-state index in [9.17, 15) is 4.79 Å². The second kappa shape index (κ2) is 9.20. The Bertz CT molecular complexity index is 1640. The number of allylic oxidation sites excluding steroid dienone is 1. The lowest BCUT2D eigenvalue weighted by Crippen LogP contribution is -2.19. The number of halogens is 1. The number of benzene rings is 3. The Hall–Kier alpha value is -4.22. The van der Waals surface area contributed by atoms with Crippen LogP contribution in [0.15, 0.2) is 88.7 Å². The number of nitrogens with one attached hydrogen (secondary N) is 1. The predicted octanol–water partition coefficient (Wildman–Crippen LogP) is 7.35. The summed E-state index contributed by atoms with van der Waals surface area (Å²) in [6.07, 6.45) is 3.89. The molecular weight excluding hydrogens is 456 g/mol. The molecule has 0 saturated carbocycles. The van der Waals surface area contributed by atoms with Gasteiger partial charge < -0.3 is 4.98 Å². The average Bonchev–Trinajstić information content (AvgIpc) is 3.25. The molecule has 0 amide bonds. The monoisotopic (exact) mass is 478 g/mol. The molecule has 0 aliphatic heterocycles. The Morgan fingerprint density at radius 3 is 2.37 bits per heavy atom. The molecule has 1 N–H and O–H groups in total. The van der Waals surface area contributed by atoms with Gasteiger partial charge in [0.25, 0.3) is 5.56 Å². The van der Waals surface area contributed by atoms with Crippen molar-refractivity contribution in [2.45, 2.75) is 13.8 Å². The van der Waals surface area contributed by atoms with Gasteiger partial charge in [0.15, 0.2) is 0 Å². The third-order valence-electron chi connectivity index (χ3n) is 5.99. The van der Waals surface area contributed by atoms with E-state index in [1.165, 1.54) is 4.52 Å². The van der Waals surface area contributed by atoms with Gasteiger partial charge in [-0.05, 0) is 56.0 Å². The zero-order chi connectivity index (χ0) is 24.5. The van der Waals surface area contributed by atoms with Crippen LogP contribution in [0.4, 0.5) is 5.69 Å². The summed E-state index contributed by atoms with van der Waals surface area (Å²) in [6, 6.07) is 23.1. The van der Waals surface area contributed by atoms with E-state index in [1.54, 1.807) is 0 Å². The van der Waals surface area contributed by atoms with E-state index in [4.69, 9.17) is 16.7 Å². The summed E-state index contributed by atoms with van der Waals surface area (Å²) < 4.78 is 1.46. The fraction of sp³-hybridized carbons (Fsp3) is 0.0690. The smallest absolute Gasteiger partial charge is 0.282 e. The van der Waals surface area contributed by atoms with E-state index in [1.807, 2.05) is 98.8 Å². The molecule has 2 heterocycles. The van der Waals surface area contributed by atoms with Gasteiger partial charge in [-0.2, -0.15) is 9.61 Å². The molecule has 35 heavy (non-hydrogen) atoms. The Morgan fingerprint density at radius 1 is 0.971 bits per heavy atom. The lowest BCUT2D eigenvalue weighted by Gasteiger charge is -2.10. The average molecular weight is 479 g/mol. The van der Waals surface area contributed by atoms with Crippen molar-refractivity contribution in [2.24, 2.45) is 4.99 Å². The number of nitrogens with zero attached hydrogens (tertiary/aromatic N) is 3. The van der Waals surface area contributed by atoms with Crippen LogP contribution in [0.25, 0.3) is 45.2 Å². The van der Waals surface area contributed by atoms with Crippen molar-refractivity contribution in [3.8, 4) is 33.5 Å². The quantitative estimate of drug-likeness (QED) is 0.268. The summed E-state index contributed by atoms with van der Waals surface area (Å²) in [6.45, 7) is 7.51. The van der Waals surface area contributed by atoms with Crippen molar-refractivity contribution < 1.29 is 0 Å². The van der Waals surface area contributed by atoms with Crippen LogP contribution in [0, 0.1) is 6.92 Å². The van der Waals surface area contributed by atoms with Crippen LogP contribution in [-0.2, 0) is 0 Å². The first-order valence-electron chi connectivity index (χ1n) is 11.2. The molecule has 6 heteroatoms. The van der Waals surface area contributed by atoms with Crippen LogP contribution in [0.1, 0.15) is 18.2 Å². The molecule has 0 atom stereocenters. The van der Waals surface area contributed by atoms with Gasteiger partial charge in [0.1, 0.15) is 11.3 Å². The number of H-pyrrole nitrogens is 1. The molecule has 172 valence electrons. The van der Waals surface area contributed by atoms with Crippen LogP contribution in [-0.4, -0.2) is 21.3 Å². The Labute approximate surface area is 208 Å². The molecule has 5 aromatic rings. The molecule has 0 unspecified atom stereocenters. The number of aliphatic imine (C=N–C) groups is 1. The first-order chi connectivity index (χ1) is 17.0. The summed E-state index contributed by atoms with van der Waals surface area (Å²) in [7, 11) is 0. The molecule has 0 spiro atoms. The van der Waals surface area contributed by atoms with Crippen LogP contribution in [0.5, 0.6) is 0 Å². The Morgan fingerprint density at radius 2 is 1.69 bits per heavy atom. The number of aromatic amines is 1. The molecule has 0 bridgehead atoms. The number of aryl methyl sites for hydroxylation is 1. The Kier molecular flexibility index (Phi) is 5.93. The minimum Gasteiger partial charge on any atom is -0.343 e. The van der Waals surface area contributed by atoms with Gasteiger partial charge in [-0.15, -0.1) is 0 Å². The summed E-state index contributed by atoms with van der Waals surface area (Å²) in [5, 5.41) is 5.44. The maximum Gasteiger partial charge on any atom is 0.282 e. The fourth-order valence-corrected chi connectivity index (χ4v) is 4.51. The maximum absolute atomic E-state index is 13.9. The van der Waals surface area contributed by atoms with Gasteiger partial charge in [-0.1, -0.05) is 72.3 Å². The lowest BCUT2D eigenvalue weighted by atomic mass is 10.00. The van der Waals surface area contributed by atoms with Crippen molar-refractivity contribution in [1.82, 2.24) is 14.6 Å². The van der Waals surface area contributed by atoms with Crippen LogP contribution in [0.2, 0.25) is 5.02 Å². The van der Waals surface area contributed by atoms with Crippen molar-refractivity contribution in [3.05, 3.63) is 106 Å². The van der Waals surface area contributed by atoms with Gasteiger partial charge in [0.2, 0.25) is 0 Å². The minimum atomic E-state index is -0.195. The molecule has 5 nitrogen and oxygen atoms in total. The second-order valence-electron chi connectivity index (χ2n) is 8.22. The molecule has 0 saturated heterocycles. The fourth-order valence-electron chi connectivity index (χ4n) is 4.38. The van der Waals surface area contributed by atoms with E-state index in [2.05, 4.69) is 16.7 Å². The molecule has 3 aromatic carbocycles. The zero-order valence-corrected chi connectivity index (χ0v) is 20.2. The number of hydrogen-bond acceptors (Lipinski definition) is 3. The van der Waals surface area contributed by atoms with E-state index in [-0.39, 0.29) is 5.56 Å². The summed E-state index contributed by atoms with van der Waals surface area (Å²) in [5.41, 5.74) is 7.62. The van der Waals surface area contributed by atoms with Crippen LogP contribution < -0.4 is 5.56 Å². The largest absolute Gasteiger partial charge is 0.343 e. The molecule has 5 rings (SSSR count). The lowest BCUT2D eigenvalue weighted by molar-refractivity contribution is 0.897. The highest BCUT2D eigenvalue weighted by atomic mass is 35.5. The highest BCUT2D eigenvalue weighted by Crippen LogP contribution is 2.35. The first-order valence-corrected chi connectivity index (χ1v) is 11.6. The van der Waals surface area contributed by atoms with E-state index in [0.29, 0.717) is 21.9 Å². The SMILES string of the molecule is C=Nc1ccc(-c2c(C)[nH]c3c(-c4ccccc4)c(-c4ccc(Cl)cc4)nn3c2=O)cc1/C=C\C. The third kappa shape index (κ3) is 4.00. The van der Waals surface area contributed by atoms with E-state index in [0.717, 1.165) is 39.2 Å². The topological polar surface area (TPSA) is 62.5 Å². The van der Waals surface area contributed by atoms with Crippen LogP contribution >= 0.6 is 11.6 Å². The standard InChI is InChI=1S/C29H23ClN4O/c1-4-8-21-17-22(13-16-24(21)31-3)25-18(2)32-28-26(19-9-6-5-7-10-19)27(33-34(28)29(25)35)20-11-14-23(30)15-12-20/h4-17,32H,3H2,1-2H3/b8-4-. The first kappa shape index (κ1) is 22.6. The Balaban J connectivity index is 1.81. The molecule has 2 aromatic heterocycles. The third-order valence-corrected chi connectivity index (χ3v) is 6.24. The molecule has 0 radical (unpaired) electrons. The van der Waals surface area contributed by atoms with E-state index >= 15 is 0 Å². The van der Waals surface area contributed by atoms with Gasteiger partial charge in [0, 0.05) is 21.8 Å². The van der Waals surface area contributed by atoms with Crippen molar-refractivity contribution in [2.75, 3.05) is 0 Å². The molecule has 0 aliphatic carbocycles. The highest BCUT2D eigenvalue weighted by Gasteiger charge is 2.21. The van der Waals surface area contributed by atoms with Gasteiger partial charge >= 0.3 is 0 Å². The van der Waals surface area contributed by atoms with Crippen molar-refractivity contribution >= 4 is 35.7 Å². The summed E-state index contributed by atoms with van der Waals surface area (Å²) in [4.78, 5) is 21.4. The summed E-state index contributed by atoms with van der Waals surface area (Å²) in [5.74, 6) is 0. The normalized spacial score (nSPS) is 11.4. The van der Waals surface area contributed by atoms with Gasteiger partial charge in [-0.25, -0.2) is 0 Å². The van der Waals surface area contributed by atoms with Crippen molar-refractivity contribution in [3.63, 3.8) is 0 Å². The summed E-state index contributed by atoms with van der Waals surface area (Å²) >= 11 is 6.13. The number of hydrogen-bond donors (Lipinski definition) is 1. The highest BCUT2D eigenvalue weighted by molar-refractivity contribution is 6.30. The number of fused-ring (bicyclic) bond motifs is 1. The van der Waals surface area contributed by atoms with Gasteiger partial charge in [0.05, 0.1) is 16.8 Å².